The van der Waals surface area contributed by atoms with Gasteiger partial charge in [-0.25, -0.2) is 4.39 Å². The highest BCUT2D eigenvalue weighted by Gasteiger charge is 2.05. The number of phenolic OH excluding ortho intramolecular Hbond substituents is 1. The first-order valence-electron chi connectivity index (χ1n) is 5.89. The van der Waals surface area contributed by atoms with E-state index in [1.807, 2.05) is 6.07 Å². The summed E-state index contributed by atoms with van der Waals surface area (Å²) in [5.74, 6) is -0.0591. The molecule has 2 aromatic carbocycles. The van der Waals surface area contributed by atoms with E-state index in [9.17, 15) is 14.8 Å². The first kappa shape index (κ1) is 13.6. The molecule has 0 saturated carbocycles. The summed E-state index contributed by atoms with van der Waals surface area (Å²) in [6.07, 6.45) is 1.61. The Balaban J connectivity index is 2.44. The number of aromatic hydroxyl groups is 1. The molecular weight excluding hydrogens is 257 g/mol. The molecule has 0 amide bonds. The van der Waals surface area contributed by atoms with E-state index >= 15 is 0 Å². The van der Waals surface area contributed by atoms with Crippen LogP contribution in [0.15, 0.2) is 42.5 Å². The number of allylic oxidation sites excluding steroid dienone is 1. The van der Waals surface area contributed by atoms with Crippen molar-refractivity contribution < 1.29 is 14.2 Å². The van der Waals surface area contributed by atoms with Gasteiger partial charge in [-0.3, -0.25) is 0 Å². The zero-order chi connectivity index (χ0) is 14.5. The Kier molecular flexibility index (Phi) is 4.02. The molecule has 0 aliphatic heterocycles. The summed E-state index contributed by atoms with van der Waals surface area (Å²) in [6.45, 7) is 0. The lowest BCUT2D eigenvalue weighted by atomic mass is 10.0. The Hall–Kier alpha value is -2.80. The van der Waals surface area contributed by atoms with Gasteiger partial charge in [0.15, 0.2) is 11.5 Å². The third-order valence-corrected chi connectivity index (χ3v) is 2.77. The highest BCUT2D eigenvalue weighted by Crippen LogP contribution is 2.28. The third-order valence-electron chi connectivity index (χ3n) is 2.77. The van der Waals surface area contributed by atoms with Crippen LogP contribution < -0.4 is 4.74 Å². The van der Waals surface area contributed by atoms with E-state index in [1.165, 1.54) is 25.3 Å². The molecule has 0 aliphatic carbocycles. The standard InChI is InChI=1S/C16H12FNO2/c1-20-16-8-11(5-6-15(16)19)7-13(10-18)12-3-2-4-14(17)9-12/h2-9,19H,1H3/b13-7-. The van der Waals surface area contributed by atoms with Crippen LogP contribution in [0.4, 0.5) is 4.39 Å². The Bertz CT molecular complexity index is 702. The van der Waals surface area contributed by atoms with Gasteiger partial charge < -0.3 is 9.84 Å². The second-order valence-electron chi connectivity index (χ2n) is 4.11. The van der Waals surface area contributed by atoms with Crippen LogP contribution >= 0.6 is 0 Å². The Morgan fingerprint density at radius 3 is 2.75 bits per heavy atom. The van der Waals surface area contributed by atoms with Crippen molar-refractivity contribution in [1.82, 2.24) is 0 Å². The number of nitriles is 1. The summed E-state index contributed by atoms with van der Waals surface area (Å²) in [5, 5.41) is 18.7. The molecule has 3 nitrogen and oxygen atoms in total. The number of phenols is 1. The predicted octanol–water partition coefficient (Wildman–Crippen LogP) is 3.60. The van der Waals surface area contributed by atoms with Gasteiger partial charge in [0.2, 0.25) is 0 Å². The van der Waals surface area contributed by atoms with Gasteiger partial charge in [-0.1, -0.05) is 18.2 Å². The number of methoxy groups -OCH3 is 1. The van der Waals surface area contributed by atoms with Crippen molar-refractivity contribution in [2.24, 2.45) is 0 Å². The summed E-state index contributed by atoms with van der Waals surface area (Å²) in [7, 11) is 1.44. The summed E-state index contributed by atoms with van der Waals surface area (Å²) in [4.78, 5) is 0. The van der Waals surface area contributed by atoms with Gasteiger partial charge in [-0.2, -0.15) is 5.26 Å². The predicted molar refractivity (Wildman–Crippen MR) is 74.5 cm³/mol. The van der Waals surface area contributed by atoms with Crippen LogP contribution in [0.5, 0.6) is 11.5 Å². The highest BCUT2D eigenvalue weighted by molar-refractivity contribution is 5.89. The van der Waals surface area contributed by atoms with Crippen LogP contribution in [0, 0.1) is 17.1 Å². The van der Waals surface area contributed by atoms with E-state index in [2.05, 4.69) is 0 Å². The smallest absolute Gasteiger partial charge is 0.161 e. The van der Waals surface area contributed by atoms with Crippen LogP contribution in [0.25, 0.3) is 11.6 Å². The molecule has 0 unspecified atom stereocenters. The minimum Gasteiger partial charge on any atom is -0.504 e. The van der Waals surface area contributed by atoms with E-state index in [1.54, 1.807) is 30.3 Å². The lowest BCUT2D eigenvalue weighted by Gasteiger charge is -2.05. The molecular formula is C16H12FNO2. The fourth-order valence-corrected chi connectivity index (χ4v) is 1.79. The highest BCUT2D eigenvalue weighted by atomic mass is 19.1. The van der Waals surface area contributed by atoms with Crippen molar-refractivity contribution >= 4 is 11.6 Å². The third kappa shape index (κ3) is 2.96. The molecule has 0 heterocycles. The van der Waals surface area contributed by atoms with Crippen molar-refractivity contribution in [3.05, 3.63) is 59.4 Å². The average molecular weight is 269 g/mol. The molecule has 0 spiro atoms. The average Bonchev–Trinajstić information content (AvgIpc) is 2.46. The molecule has 2 rings (SSSR count). The minimum absolute atomic E-state index is 0.0221. The fourth-order valence-electron chi connectivity index (χ4n) is 1.79. The second-order valence-corrected chi connectivity index (χ2v) is 4.11. The van der Waals surface area contributed by atoms with Crippen molar-refractivity contribution in [1.29, 1.82) is 5.26 Å². The fraction of sp³-hybridized carbons (Fsp3) is 0.0625. The van der Waals surface area contributed by atoms with Crippen LogP contribution in [0.2, 0.25) is 0 Å². The molecule has 2 aromatic rings. The molecule has 100 valence electrons. The molecule has 0 aliphatic rings. The molecule has 0 aromatic heterocycles. The minimum atomic E-state index is -0.396. The monoisotopic (exact) mass is 269 g/mol. The van der Waals surface area contributed by atoms with Gasteiger partial charge in [-0.15, -0.1) is 0 Å². The zero-order valence-electron chi connectivity index (χ0n) is 10.8. The van der Waals surface area contributed by atoms with E-state index in [4.69, 9.17) is 4.74 Å². The first-order valence-corrected chi connectivity index (χ1v) is 5.89. The maximum Gasteiger partial charge on any atom is 0.161 e. The van der Waals surface area contributed by atoms with E-state index in [-0.39, 0.29) is 5.75 Å². The molecule has 20 heavy (non-hydrogen) atoms. The van der Waals surface area contributed by atoms with Crippen LogP contribution in [0.1, 0.15) is 11.1 Å². The van der Waals surface area contributed by atoms with E-state index < -0.39 is 5.82 Å². The quantitative estimate of drug-likeness (QED) is 0.684. The van der Waals surface area contributed by atoms with Gasteiger partial charge in [-0.05, 0) is 41.5 Å². The number of benzene rings is 2. The van der Waals surface area contributed by atoms with Crippen molar-refractivity contribution in [2.75, 3.05) is 7.11 Å². The topological polar surface area (TPSA) is 53.2 Å². The summed E-state index contributed by atoms with van der Waals surface area (Å²) < 4.78 is 18.2. The van der Waals surface area contributed by atoms with Crippen molar-refractivity contribution in [3.63, 3.8) is 0 Å². The summed E-state index contributed by atoms with van der Waals surface area (Å²) >= 11 is 0. The van der Waals surface area contributed by atoms with Gasteiger partial charge in [0.25, 0.3) is 0 Å². The Morgan fingerprint density at radius 2 is 2.10 bits per heavy atom. The lowest BCUT2D eigenvalue weighted by molar-refractivity contribution is 0.373. The van der Waals surface area contributed by atoms with Crippen LogP contribution in [-0.4, -0.2) is 12.2 Å². The maximum absolute atomic E-state index is 13.2. The lowest BCUT2D eigenvalue weighted by Crippen LogP contribution is -1.86. The van der Waals surface area contributed by atoms with Crippen molar-refractivity contribution in [3.8, 4) is 17.6 Å². The number of ether oxygens (including phenoxy) is 1. The molecule has 0 atom stereocenters. The summed E-state index contributed by atoms with van der Waals surface area (Å²) in [6, 6.07) is 12.6. The number of hydrogen-bond donors (Lipinski definition) is 1. The molecule has 0 radical (unpaired) electrons. The molecule has 0 saturated heterocycles. The van der Waals surface area contributed by atoms with E-state index in [0.29, 0.717) is 22.4 Å². The van der Waals surface area contributed by atoms with Crippen LogP contribution in [0.3, 0.4) is 0 Å². The SMILES string of the molecule is COc1cc(/C=C(/C#N)c2cccc(F)c2)ccc1O. The maximum atomic E-state index is 13.2. The number of rotatable bonds is 3. The van der Waals surface area contributed by atoms with Gasteiger partial charge in [0.1, 0.15) is 5.82 Å². The molecule has 1 N–H and O–H groups in total. The Labute approximate surface area is 116 Å². The number of nitrogens with zero attached hydrogens (tertiary/aromatic N) is 1. The molecule has 0 fully saturated rings. The second kappa shape index (κ2) is 5.89. The van der Waals surface area contributed by atoms with Gasteiger partial charge in [0, 0.05) is 0 Å². The van der Waals surface area contributed by atoms with Gasteiger partial charge in [0.05, 0.1) is 18.8 Å². The van der Waals surface area contributed by atoms with Crippen LogP contribution in [-0.2, 0) is 0 Å². The zero-order valence-corrected chi connectivity index (χ0v) is 10.8. The molecule has 4 heteroatoms. The summed E-state index contributed by atoms with van der Waals surface area (Å²) in [5.41, 5.74) is 1.51. The molecule has 0 bridgehead atoms. The number of hydrogen-bond acceptors (Lipinski definition) is 3. The van der Waals surface area contributed by atoms with Gasteiger partial charge >= 0.3 is 0 Å². The van der Waals surface area contributed by atoms with Crippen molar-refractivity contribution in [2.45, 2.75) is 0 Å². The normalized spacial score (nSPS) is 10.9. The largest absolute Gasteiger partial charge is 0.504 e. The first-order chi connectivity index (χ1) is 9.63. The number of halogens is 1. The Morgan fingerprint density at radius 1 is 1.30 bits per heavy atom. The van der Waals surface area contributed by atoms with E-state index in [0.717, 1.165) is 0 Å².